The molecule has 1 unspecified atom stereocenters. The third-order valence-electron chi connectivity index (χ3n) is 7.16. The molecule has 0 bridgehead atoms. The molecule has 12 heteroatoms. The van der Waals surface area contributed by atoms with Crippen LogP contribution >= 0.6 is 15.9 Å². The van der Waals surface area contributed by atoms with Crippen LogP contribution < -0.4 is 5.32 Å². The molecule has 2 aromatic heterocycles. The normalized spacial score (nSPS) is 15.2. The SMILES string of the molecule is CCC(Cc1ccc2[nH]c(-c3ccccc3-c3nnn[nH]3)c(Br)c2c1)OC(=O)NCC1(OC(=O)O)CCCC1. The second-order valence-electron chi connectivity index (χ2n) is 9.74. The summed E-state index contributed by atoms with van der Waals surface area (Å²) in [6, 6.07) is 14.0. The van der Waals surface area contributed by atoms with Gasteiger partial charge in [0.05, 0.1) is 16.7 Å². The number of H-pyrrole nitrogens is 2. The lowest BCUT2D eigenvalue weighted by atomic mass is 10.0. The number of carbonyl (C=O) groups is 2. The smallest absolute Gasteiger partial charge is 0.450 e. The number of rotatable bonds is 9. The van der Waals surface area contributed by atoms with Crippen molar-refractivity contribution in [1.82, 2.24) is 30.9 Å². The molecule has 1 saturated carbocycles. The fourth-order valence-corrected chi connectivity index (χ4v) is 5.82. The quantitative estimate of drug-likeness (QED) is 0.176. The molecule has 0 spiro atoms. The summed E-state index contributed by atoms with van der Waals surface area (Å²) < 4.78 is 11.7. The van der Waals surface area contributed by atoms with E-state index in [1.807, 2.05) is 43.3 Å². The minimum atomic E-state index is -1.33. The summed E-state index contributed by atoms with van der Waals surface area (Å²) in [7, 11) is 0. The highest BCUT2D eigenvalue weighted by Crippen LogP contribution is 2.39. The topological polar surface area (TPSA) is 155 Å². The molecule has 2 heterocycles. The molecule has 39 heavy (non-hydrogen) atoms. The van der Waals surface area contributed by atoms with E-state index in [9.17, 15) is 9.59 Å². The molecule has 4 N–H and O–H groups in total. The summed E-state index contributed by atoms with van der Waals surface area (Å²) in [5.41, 5.74) is 3.81. The highest BCUT2D eigenvalue weighted by atomic mass is 79.9. The number of tetrazole rings is 1. The van der Waals surface area contributed by atoms with Crippen LogP contribution in [0.2, 0.25) is 0 Å². The number of nitrogens with one attached hydrogen (secondary N) is 3. The Hall–Kier alpha value is -3.93. The van der Waals surface area contributed by atoms with Crippen molar-refractivity contribution in [2.24, 2.45) is 0 Å². The summed E-state index contributed by atoms with van der Waals surface area (Å²) in [5.74, 6) is 0.575. The molecule has 1 aliphatic carbocycles. The van der Waals surface area contributed by atoms with Gasteiger partial charge < -0.3 is 24.9 Å². The van der Waals surface area contributed by atoms with Crippen LogP contribution in [0.4, 0.5) is 9.59 Å². The van der Waals surface area contributed by atoms with Crippen molar-refractivity contribution >= 4 is 39.1 Å². The average molecular weight is 597 g/mol. The van der Waals surface area contributed by atoms with Gasteiger partial charge >= 0.3 is 12.2 Å². The number of amides is 1. The summed E-state index contributed by atoms with van der Waals surface area (Å²) >= 11 is 3.78. The molecule has 2 aromatic carbocycles. The van der Waals surface area contributed by atoms with E-state index in [1.165, 1.54) is 0 Å². The van der Waals surface area contributed by atoms with Crippen LogP contribution in [0.25, 0.3) is 33.5 Å². The third kappa shape index (κ3) is 5.90. The Kier molecular flexibility index (Phi) is 7.82. The molecule has 204 valence electrons. The van der Waals surface area contributed by atoms with Gasteiger partial charge in [-0.25, -0.2) is 14.7 Å². The standard InChI is InChI=1S/C27H29BrN6O5/c1-2-17(38-25(35)29-15-27(39-26(36)37)11-5-6-12-27)13-16-9-10-21-20(14-16)22(28)23(30-21)18-7-3-4-8-19(18)24-31-33-34-32-24/h3-4,7-10,14,17,30H,2,5-6,11-13,15H2,1H3,(H,29,35)(H,36,37)(H,31,32,33,34). The summed E-state index contributed by atoms with van der Waals surface area (Å²) in [6.45, 7) is 2.06. The predicted molar refractivity (Wildman–Crippen MR) is 147 cm³/mol. The van der Waals surface area contributed by atoms with Gasteiger partial charge in [-0.1, -0.05) is 37.3 Å². The monoisotopic (exact) mass is 596 g/mol. The second kappa shape index (κ2) is 11.4. The molecule has 0 radical (unpaired) electrons. The van der Waals surface area contributed by atoms with E-state index in [4.69, 9.17) is 14.6 Å². The van der Waals surface area contributed by atoms with Crippen LogP contribution in [0.1, 0.15) is 44.6 Å². The van der Waals surface area contributed by atoms with Crippen molar-refractivity contribution in [3.8, 4) is 22.6 Å². The number of hydrogen-bond acceptors (Lipinski definition) is 7. The van der Waals surface area contributed by atoms with E-state index in [1.54, 1.807) is 0 Å². The van der Waals surface area contributed by atoms with Crippen LogP contribution in [-0.2, 0) is 15.9 Å². The van der Waals surface area contributed by atoms with Crippen LogP contribution in [-0.4, -0.2) is 61.2 Å². The van der Waals surface area contributed by atoms with Crippen molar-refractivity contribution in [3.05, 3.63) is 52.5 Å². The zero-order valence-electron chi connectivity index (χ0n) is 21.4. The van der Waals surface area contributed by atoms with Crippen molar-refractivity contribution < 1.29 is 24.2 Å². The molecule has 5 rings (SSSR count). The predicted octanol–water partition coefficient (Wildman–Crippen LogP) is 5.83. The molecule has 0 saturated heterocycles. The maximum absolute atomic E-state index is 12.6. The largest absolute Gasteiger partial charge is 0.506 e. The van der Waals surface area contributed by atoms with E-state index >= 15 is 0 Å². The van der Waals surface area contributed by atoms with Crippen molar-refractivity contribution in [2.45, 2.75) is 57.2 Å². The molecule has 11 nitrogen and oxygen atoms in total. The molecular weight excluding hydrogens is 568 g/mol. The summed E-state index contributed by atoms with van der Waals surface area (Å²) in [5, 5.41) is 27.1. The minimum Gasteiger partial charge on any atom is -0.450 e. The first-order valence-corrected chi connectivity index (χ1v) is 13.7. The van der Waals surface area contributed by atoms with Crippen LogP contribution in [0, 0.1) is 0 Å². The molecular formula is C27H29BrN6O5. The van der Waals surface area contributed by atoms with Crippen molar-refractivity contribution in [2.75, 3.05) is 6.54 Å². The fraction of sp³-hybridized carbons (Fsp3) is 0.370. The van der Waals surface area contributed by atoms with E-state index in [-0.39, 0.29) is 12.6 Å². The maximum Gasteiger partial charge on any atom is 0.506 e. The van der Waals surface area contributed by atoms with E-state index in [0.717, 1.165) is 50.6 Å². The van der Waals surface area contributed by atoms with Gasteiger partial charge in [0.2, 0.25) is 0 Å². The number of aromatic nitrogens is 5. The zero-order chi connectivity index (χ0) is 27.4. The van der Waals surface area contributed by atoms with Crippen molar-refractivity contribution in [1.29, 1.82) is 0 Å². The number of carbonyl (C=O) groups excluding carboxylic acids is 1. The maximum atomic E-state index is 12.6. The third-order valence-corrected chi connectivity index (χ3v) is 7.99. The number of carboxylic acid groups (broad SMARTS) is 1. The van der Waals surface area contributed by atoms with Gasteiger partial charge in [0.25, 0.3) is 0 Å². The highest BCUT2D eigenvalue weighted by Gasteiger charge is 2.38. The average Bonchev–Trinajstić information content (AvgIpc) is 3.69. The fourth-order valence-electron chi connectivity index (χ4n) is 5.18. The Labute approximate surface area is 232 Å². The lowest BCUT2D eigenvalue weighted by molar-refractivity contribution is -0.0154. The van der Waals surface area contributed by atoms with E-state index < -0.39 is 17.8 Å². The number of ether oxygens (including phenoxy) is 2. The Bertz CT molecular complexity index is 1460. The first-order valence-electron chi connectivity index (χ1n) is 12.9. The molecule has 1 atom stereocenters. The molecule has 1 amide bonds. The Balaban J connectivity index is 1.29. The summed E-state index contributed by atoms with van der Waals surface area (Å²) in [6.07, 6.45) is 1.81. The lowest BCUT2D eigenvalue weighted by Gasteiger charge is -2.28. The number of benzene rings is 2. The minimum absolute atomic E-state index is 0.102. The summed E-state index contributed by atoms with van der Waals surface area (Å²) in [4.78, 5) is 27.2. The number of alkyl carbamates (subject to hydrolysis) is 1. The number of fused-ring (bicyclic) bond motifs is 1. The van der Waals surface area contributed by atoms with E-state index in [0.29, 0.717) is 31.5 Å². The Morgan fingerprint density at radius 1 is 1.18 bits per heavy atom. The molecule has 1 aliphatic rings. The van der Waals surface area contributed by atoms with Crippen LogP contribution in [0.15, 0.2) is 46.9 Å². The van der Waals surface area contributed by atoms with Crippen LogP contribution in [0.3, 0.4) is 0 Å². The number of halogens is 1. The van der Waals surface area contributed by atoms with Gasteiger partial charge in [-0.2, -0.15) is 0 Å². The number of hydrogen-bond donors (Lipinski definition) is 4. The van der Waals surface area contributed by atoms with Gasteiger partial charge in [-0.3, -0.25) is 0 Å². The van der Waals surface area contributed by atoms with Gasteiger partial charge in [0, 0.05) is 28.5 Å². The van der Waals surface area contributed by atoms with Gasteiger partial charge in [0.15, 0.2) is 5.82 Å². The van der Waals surface area contributed by atoms with E-state index in [2.05, 4.69) is 52.9 Å². The van der Waals surface area contributed by atoms with Crippen LogP contribution in [0.5, 0.6) is 0 Å². The Morgan fingerprint density at radius 2 is 1.95 bits per heavy atom. The van der Waals surface area contributed by atoms with Crippen molar-refractivity contribution in [3.63, 3.8) is 0 Å². The zero-order valence-corrected chi connectivity index (χ0v) is 23.0. The first kappa shape index (κ1) is 26.7. The molecule has 4 aromatic rings. The van der Waals surface area contributed by atoms with Gasteiger partial charge in [-0.05, 0) is 76.2 Å². The number of nitrogens with zero attached hydrogens (tertiary/aromatic N) is 3. The van der Waals surface area contributed by atoms with Gasteiger partial charge in [-0.15, -0.1) is 5.10 Å². The second-order valence-corrected chi connectivity index (χ2v) is 10.5. The molecule has 1 fully saturated rings. The highest BCUT2D eigenvalue weighted by molar-refractivity contribution is 9.10. The first-order chi connectivity index (χ1) is 18.9. The lowest BCUT2D eigenvalue weighted by Crippen LogP contribution is -2.45. The molecule has 0 aliphatic heterocycles. The number of aromatic amines is 2. The van der Waals surface area contributed by atoms with Gasteiger partial charge in [0.1, 0.15) is 11.7 Å². The Morgan fingerprint density at radius 3 is 2.64 bits per heavy atom.